The Balaban J connectivity index is 1.85. The molecule has 1 saturated heterocycles. The lowest BCUT2D eigenvalue weighted by molar-refractivity contribution is 0.175. The summed E-state index contributed by atoms with van der Waals surface area (Å²) >= 11 is 0. The average molecular weight is 247 g/mol. The Bertz CT molecular complexity index is 347. The van der Waals surface area contributed by atoms with Crippen molar-refractivity contribution in [1.82, 2.24) is 15.2 Å². The van der Waals surface area contributed by atoms with Crippen molar-refractivity contribution in [2.45, 2.75) is 39.8 Å². The number of aromatic nitrogens is 1. The molecule has 18 heavy (non-hydrogen) atoms. The van der Waals surface area contributed by atoms with E-state index in [-0.39, 0.29) is 0 Å². The van der Waals surface area contributed by atoms with Gasteiger partial charge in [-0.2, -0.15) is 0 Å². The van der Waals surface area contributed by atoms with Crippen molar-refractivity contribution in [3.63, 3.8) is 0 Å². The quantitative estimate of drug-likeness (QED) is 0.866. The molecule has 0 radical (unpaired) electrons. The van der Waals surface area contributed by atoms with Crippen LogP contribution in [0.2, 0.25) is 0 Å². The second kappa shape index (κ2) is 6.86. The maximum absolute atomic E-state index is 4.57. The molecule has 1 fully saturated rings. The van der Waals surface area contributed by atoms with Crippen molar-refractivity contribution in [2.24, 2.45) is 5.92 Å². The van der Waals surface area contributed by atoms with Crippen LogP contribution in [0.25, 0.3) is 0 Å². The number of likely N-dealkylation sites (tertiary alicyclic amines) is 1. The van der Waals surface area contributed by atoms with Crippen molar-refractivity contribution >= 4 is 0 Å². The maximum Gasteiger partial charge on any atom is 0.0544 e. The highest BCUT2D eigenvalue weighted by Crippen LogP contribution is 2.17. The summed E-state index contributed by atoms with van der Waals surface area (Å²) in [6, 6.07) is 4.37. The molecule has 0 amide bonds. The van der Waals surface area contributed by atoms with Gasteiger partial charge in [-0.05, 0) is 43.5 Å². The Kier molecular flexibility index (Phi) is 5.14. The third-order valence-corrected chi connectivity index (χ3v) is 3.59. The van der Waals surface area contributed by atoms with Crippen molar-refractivity contribution < 1.29 is 0 Å². The van der Waals surface area contributed by atoms with E-state index in [1.807, 2.05) is 6.20 Å². The largest absolute Gasteiger partial charge is 0.313 e. The predicted molar refractivity (Wildman–Crippen MR) is 75.3 cm³/mol. The minimum Gasteiger partial charge on any atom is -0.313 e. The first kappa shape index (κ1) is 13.5. The second-order valence-corrected chi connectivity index (χ2v) is 5.42. The first-order valence-corrected chi connectivity index (χ1v) is 7.15. The van der Waals surface area contributed by atoms with Gasteiger partial charge in [0, 0.05) is 25.8 Å². The summed E-state index contributed by atoms with van der Waals surface area (Å²) < 4.78 is 0. The lowest BCUT2D eigenvalue weighted by Crippen LogP contribution is -2.33. The van der Waals surface area contributed by atoms with Crippen molar-refractivity contribution in [3.8, 4) is 0 Å². The number of hydrogen-bond donors (Lipinski definition) is 1. The number of rotatable bonds is 5. The zero-order valence-electron chi connectivity index (χ0n) is 11.7. The molecule has 1 aromatic rings. The molecule has 1 aliphatic heterocycles. The third kappa shape index (κ3) is 4.07. The fourth-order valence-corrected chi connectivity index (χ4v) is 2.58. The Morgan fingerprint density at radius 1 is 1.44 bits per heavy atom. The van der Waals surface area contributed by atoms with Crippen LogP contribution < -0.4 is 5.32 Å². The summed E-state index contributed by atoms with van der Waals surface area (Å²) in [7, 11) is 0. The van der Waals surface area contributed by atoms with Gasteiger partial charge in [-0.15, -0.1) is 0 Å². The molecule has 100 valence electrons. The van der Waals surface area contributed by atoms with E-state index in [4.69, 9.17) is 0 Å². The molecule has 0 bridgehead atoms. The van der Waals surface area contributed by atoms with Gasteiger partial charge in [0.05, 0.1) is 5.69 Å². The van der Waals surface area contributed by atoms with Crippen molar-refractivity contribution in [3.05, 3.63) is 29.6 Å². The first-order chi connectivity index (χ1) is 8.78. The first-order valence-electron chi connectivity index (χ1n) is 7.15. The lowest BCUT2D eigenvalue weighted by Gasteiger charge is -2.30. The smallest absolute Gasteiger partial charge is 0.0544 e. The van der Waals surface area contributed by atoms with E-state index in [0.717, 1.165) is 25.6 Å². The minimum absolute atomic E-state index is 0.840. The van der Waals surface area contributed by atoms with Crippen LogP contribution in [0, 0.1) is 5.92 Å². The second-order valence-electron chi connectivity index (χ2n) is 5.42. The van der Waals surface area contributed by atoms with Crippen molar-refractivity contribution in [2.75, 3.05) is 19.6 Å². The molecule has 2 rings (SSSR count). The summed E-state index contributed by atoms with van der Waals surface area (Å²) in [6.45, 7) is 9.86. The zero-order chi connectivity index (χ0) is 12.8. The molecule has 1 N–H and O–H groups in total. The van der Waals surface area contributed by atoms with E-state index < -0.39 is 0 Å². The fraction of sp³-hybridized carbons (Fsp3) is 0.667. The van der Waals surface area contributed by atoms with Crippen LogP contribution in [0.5, 0.6) is 0 Å². The standard InChI is InChI=1S/C15H25N3/c1-3-16-9-14-6-7-15(17-10-14)12-18-8-4-5-13(2)11-18/h6-7,10,13,16H,3-5,8-9,11-12H2,1-2H3. The summed E-state index contributed by atoms with van der Waals surface area (Å²) in [5.41, 5.74) is 2.47. The highest BCUT2D eigenvalue weighted by molar-refractivity contribution is 5.14. The maximum atomic E-state index is 4.57. The van der Waals surface area contributed by atoms with Crippen LogP contribution in [-0.4, -0.2) is 29.5 Å². The molecular formula is C15H25N3. The van der Waals surface area contributed by atoms with Crippen LogP contribution in [0.1, 0.15) is 37.9 Å². The van der Waals surface area contributed by atoms with Crippen LogP contribution in [0.15, 0.2) is 18.3 Å². The van der Waals surface area contributed by atoms with Gasteiger partial charge < -0.3 is 5.32 Å². The molecule has 1 unspecified atom stereocenters. The molecule has 3 heteroatoms. The number of pyridine rings is 1. The molecule has 0 spiro atoms. The molecule has 1 aromatic heterocycles. The minimum atomic E-state index is 0.840. The summed E-state index contributed by atoms with van der Waals surface area (Å²) in [5.74, 6) is 0.840. The Labute approximate surface area is 111 Å². The lowest BCUT2D eigenvalue weighted by atomic mass is 10.0. The number of nitrogens with one attached hydrogen (secondary N) is 1. The van der Waals surface area contributed by atoms with E-state index in [0.29, 0.717) is 0 Å². The van der Waals surface area contributed by atoms with Crippen LogP contribution in [0.3, 0.4) is 0 Å². The molecule has 3 nitrogen and oxygen atoms in total. The molecule has 1 aliphatic rings. The molecule has 2 heterocycles. The molecule has 1 atom stereocenters. The monoisotopic (exact) mass is 247 g/mol. The molecule has 0 saturated carbocycles. The van der Waals surface area contributed by atoms with Gasteiger partial charge in [0.2, 0.25) is 0 Å². The van der Waals surface area contributed by atoms with Gasteiger partial charge in [0.25, 0.3) is 0 Å². The Morgan fingerprint density at radius 3 is 3.00 bits per heavy atom. The molecule has 0 aromatic carbocycles. The van der Waals surface area contributed by atoms with Gasteiger partial charge in [-0.25, -0.2) is 0 Å². The Hall–Kier alpha value is -0.930. The van der Waals surface area contributed by atoms with E-state index in [1.165, 1.54) is 37.2 Å². The number of nitrogens with zero attached hydrogens (tertiary/aromatic N) is 2. The van der Waals surface area contributed by atoms with Crippen LogP contribution in [-0.2, 0) is 13.1 Å². The Morgan fingerprint density at radius 2 is 2.33 bits per heavy atom. The number of hydrogen-bond acceptors (Lipinski definition) is 3. The third-order valence-electron chi connectivity index (χ3n) is 3.59. The normalized spacial score (nSPS) is 21.1. The highest BCUT2D eigenvalue weighted by atomic mass is 15.1. The van der Waals surface area contributed by atoms with E-state index in [9.17, 15) is 0 Å². The summed E-state index contributed by atoms with van der Waals surface area (Å²) in [4.78, 5) is 7.10. The number of piperidine rings is 1. The topological polar surface area (TPSA) is 28.2 Å². The summed E-state index contributed by atoms with van der Waals surface area (Å²) in [6.07, 6.45) is 4.72. The average Bonchev–Trinajstić information content (AvgIpc) is 2.38. The molecular weight excluding hydrogens is 222 g/mol. The summed E-state index contributed by atoms with van der Waals surface area (Å²) in [5, 5.41) is 3.32. The predicted octanol–water partition coefficient (Wildman–Crippen LogP) is 2.42. The SMILES string of the molecule is CCNCc1ccc(CN2CCCC(C)C2)nc1. The fourth-order valence-electron chi connectivity index (χ4n) is 2.58. The van der Waals surface area contributed by atoms with E-state index in [2.05, 4.69) is 41.2 Å². The van der Waals surface area contributed by atoms with Gasteiger partial charge in [-0.3, -0.25) is 9.88 Å². The van der Waals surface area contributed by atoms with Crippen LogP contribution >= 0.6 is 0 Å². The van der Waals surface area contributed by atoms with Gasteiger partial charge in [0.15, 0.2) is 0 Å². The molecule has 0 aliphatic carbocycles. The van der Waals surface area contributed by atoms with Gasteiger partial charge in [-0.1, -0.05) is 19.9 Å². The highest BCUT2D eigenvalue weighted by Gasteiger charge is 2.16. The van der Waals surface area contributed by atoms with Crippen molar-refractivity contribution in [1.29, 1.82) is 0 Å². The van der Waals surface area contributed by atoms with Gasteiger partial charge >= 0.3 is 0 Å². The van der Waals surface area contributed by atoms with Gasteiger partial charge in [0.1, 0.15) is 0 Å². The van der Waals surface area contributed by atoms with Crippen LogP contribution in [0.4, 0.5) is 0 Å². The van der Waals surface area contributed by atoms with E-state index in [1.54, 1.807) is 0 Å². The van der Waals surface area contributed by atoms with E-state index >= 15 is 0 Å². The zero-order valence-corrected chi connectivity index (χ0v) is 11.7.